The molecule has 4 nitrogen and oxygen atoms in total. The topological polar surface area (TPSA) is 55.1 Å². The van der Waals surface area contributed by atoms with Crippen molar-refractivity contribution in [3.8, 4) is 0 Å². The van der Waals surface area contributed by atoms with Gasteiger partial charge in [0.05, 0.1) is 11.8 Å². The summed E-state index contributed by atoms with van der Waals surface area (Å²) in [5.74, 6) is -0.222. The van der Waals surface area contributed by atoms with E-state index in [1.807, 2.05) is 31.2 Å². The minimum absolute atomic E-state index is 0.222. The van der Waals surface area contributed by atoms with E-state index in [4.69, 9.17) is 0 Å². The Bertz CT molecular complexity index is 446. The molecule has 4 heteroatoms. The van der Waals surface area contributed by atoms with Gasteiger partial charge in [0.15, 0.2) is 0 Å². The van der Waals surface area contributed by atoms with E-state index < -0.39 is 0 Å². The normalized spacial score (nSPS) is 9.93. The van der Waals surface area contributed by atoms with Crippen molar-refractivity contribution in [1.82, 2.24) is 5.16 Å². The van der Waals surface area contributed by atoms with Crippen LogP contribution in [0.3, 0.4) is 0 Å². The van der Waals surface area contributed by atoms with E-state index in [9.17, 15) is 4.79 Å². The largest absolute Gasteiger partial charge is 0.364 e. The number of rotatable bonds is 2. The van der Waals surface area contributed by atoms with E-state index >= 15 is 0 Å². The van der Waals surface area contributed by atoms with Gasteiger partial charge >= 0.3 is 0 Å². The Hall–Kier alpha value is -2.10. The molecule has 2 aromatic rings. The third-order valence-corrected chi connectivity index (χ3v) is 2.00. The zero-order valence-corrected chi connectivity index (χ0v) is 8.23. The molecule has 76 valence electrons. The van der Waals surface area contributed by atoms with Crippen LogP contribution in [-0.2, 0) is 0 Å². The first-order valence-electron chi connectivity index (χ1n) is 4.53. The maximum Gasteiger partial charge on any atom is 0.260 e. The molecule has 0 fully saturated rings. The quantitative estimate of drug-likeness (QED) is 0.812. The highest BCUT2D eigenvalue weighted by molar-refractivity contribution is 6.03. The number of carbonyl (C=O) groups is 1. The Morgan fingerprint density at radius 3 is 2.67 bits per heavy atom. The number of hydrogen-bond donors (Lipinski definition) is 1. The minimum Gasteiger partial charge on any atom is -0.364 e. The second-order valence-corrected chi connectivity index (χ2v) is 3.23. The second kappa shape index (κ2) is 3.96. The molecule has 15 heavy (non-hydrogen) atoms. The van der Waals surface area contributed by atoms with Gasteiger partial charge in [0.25, 0.3) is 5.91 Å². The average Bonchev–Trinajstić information content (AvgIpc) is 2.74. The first-order chi connectivity index (χ1) is 7.25. The number of anilines is 1. The zero-order valence-electron chi connectivity index (χ0n) is 8.23. The summed E-state index contributed by atoms with van der Waals surface area (Å²) < 4.78 is 4.58. The van der Waals surface area contributed by atoms with Crippen molar-refractivity contribution in [3.63, 3.8) is 0 Å². The summed E-state index contributed by atoms with van der Waals surface area (Å²) in [6.07, 6.45) is 2.69. The van der Waals surface area contributed by atoms with Gasteiger partial charge in [0.1, 0.15) is 6.26 Å². The Labute approximate surface area is 86.9 Å². The van der Waals surface area contributed by atoms with Gasteiger partial charge in [-0.25, -0.2) is 0 Å². The summed E-state index contributed by atoms with van der Waals surface area (Å²) in [7, 11) is 0. The van der Waals surface area contributed by atoms with Crippen LogP contribution in [0.5, 0.6) is 0 Å². The molecular formula is C11H10N2O2. The van der Waals surface area contributed by atoms with Gasteiger partial charge in [-0.1, -0.05) is 22.9 Å². The summed E-state index contributed by atoms with van der Waals surface area (Å²) in [6, 6.07) is 7.56. The van der Waals surface area contributed by atoms with Gasteiger partial charge < -0.3 is 9.84 Å². The third-order valence-electron chi connectivity index (χ3n) is 2.00. The van der Waals surface area contributed by atoms with Crippen molar-refractivity contribution in [2.75, 3.05) is 5.32 Å². The van der Waals surface area contributed by atoms with Gasteiger partial charge in [-0.2, -0.15) is 0 Å². The molecule has 0 spiro atoms. The van der Waals surface area contributed by atoms with Crippen LogP contribution in [0, 0.1) is 6.92 Å². The molecule has 0 unspecified atom stereocenters. The SMILES string of the molecule is Cc1ccc(NC(=O)c2cnoc2)cc1. The van der Waals surface area contributed by atoms with Gasteiger partial charge in [-0.15, -0.1) is 0 Å². The van der Waals surface area contributed by atoms with Crippen molar-refractivity contribution >= 4 is 11.6 Å². The van der Waals surface area contributed by atoms with Gasteiger partial charge in [0, 0.05) is 5.69 Å². The average molecular weight is 202 g/mol. The van der Waals surface area contributed by atoms with Gasteiger partial charge in [-0.05, 0) is 19.1 Å². The number of amides is 1. The molecule has 0 bridgehead atoms. The molecule has 0 aliphatic heterocycles. The predicted octanol–water partition coefficient (Wildman–Crippen LogP) is 2.24. The van der Waals surface area contributed by atoms with Crippen molar-refractivity contribution in [1.29, 1.82) is 0 Å². The number of carbonyl (C=O) groups excluding carboxylic acids is 1. The highest BCUT2D eigenvalue weighted by atomic mass is 16.5. The monoisotopic (exact) mass is 202 g/mol. The van der Waals surface area contributed by atoms with E-state index in [2.05, 4.69) is 15.0 Å². The standard InChI is InChI=1S/C11H10N2O2/c1-8-2-4-10(5-3-8)13-11(14)9-6-12-15-7-9/h2-7H,1H3,(H,13,14). The Balaban J connectivity index is 2.09. The first-order valence-corrected chi connectivity index (χ1v) is 4.53. The Kier molecular flexibility index (Phi) is 2.49. The van der Waals surface area contributed by atoms with Crippen molar-refractivity contribution in [2.45, 2.75) is 6.92 Å². The van der Waals surface area contributed by atoms with Crippen LogP contribution in [-0.4, -0.2) is 11.1 Å². The minimum atomic E-state index is -0.222. The maximum absolute atomic E-state index is 11.5. The summed E-state index contributed by atoms with van der Waals surface area (Å²) >= 11 is 0. The number of aromatic nitrogens is 1. The van der Waals surface area contributed by atoms with Gasteiger partial charge in [0.2, 0.25) is 0 Å². The lowest BCUT2D eigenvalue weighted by molar-refractivity contribution is 0.102. The van der Waals surface area contributed by atoms with Crippen LogP contribution in [0.15, 0.2) is 41.2 Å². The fourth-order valence-electron chi connectivity index (χ4n) is 1.16. The molecule has 0 aliphatic carbocycles. The molecular weight excluding hydrogens is 192 g/mol. The zero-order chi connectivity index (χ0) is 10.7. The van der Waals surface area contributed by atoms with Crippen LogP contribution in [0.2, 0.25) is 0 Å². The molecule has 2 rings (SSSR count). The fraction of sp³-hybridized carbons (Fsp3) is 0.0909. The highest BCUT2D eigenvalue weighted by Gasteiger charge is 2.07. The Morgan fingerprint density at radius 2 is 2.07 bits per heavy atom. The van der Waals surface area contributed by atoms with Crippen LogP contribution >= 0.6 is 0 Å². The molecule has 0 radical (unpaired) electrons. The molecule has 1 aromatic heterocycles. The Morgan fingerprint density at radius 1 is 1.33 bits per heavy atom. The van der Waals surface area contributed by atoms with E-state index in [1.165, 1.54) is 12.5 Å². The first kappa shape index (κ1) is 9.45. The van der Waals surface area contributed by atoms with E-state index in [1.54, 1.807) is 0 Å². The number of aryl methyl sites for hydroxylation is 1. The molecule has 1 amide bonds. The van der Waals surface area contributed by atoms with Crippen LogP contribution in [0.1, 0.15) is 15.9 Å². The van der Waals surface area contributed by atoms with E-state index in [0.29, 0.717) is 5.56 Å². The summed E-state index contributed by atoms with van der Waals surface area (Å²) in [4.78, 5) is 11.5. The molecule has 0 atom stereocenters. The lowest BCUT2D eigenvalue weighted by Crippen LogP contribution is -2.10. The molecule has 1 heterocycles. The van der Waals surface area contributed by atoms with Crippen molar-refractivity contribution in [3.05, 3.63) is 47.9 Å². The number of hydrogen-bond acceptors (Lipinski definition) is 3. The number of benzene rings is 1. The van der Waals surface area contributed by atoms with Crippen LogP contribution in [0.25, 0.3) is 0 Å². The van der Waals surface area contributed by atoms with Crippen molar-refractivity contribution in [2.24, 2.45) is 0 Å². The molecule has 1 N–H and O–H groups in total. The number of nitrogens with one attached hydrogen (secondary N) is 1. The lowest BCUT2D eigenvalue weighted by atomic mass is 10.2. The van der Waals surface area contributed by atoms with Crippen LogP contribution in [0.4, 0.5) is 5.69 Å². The molecule has 0 saturated heterocycles. The smallest absolute Gasteiger partial charge is 0.260 e. The third kappa shape index (κ3) is 2.22. The second-order valence-electron chi connectivity index (χ2n) is 3.23. The van der Waals surface area contributed by atoms with Crippen molar-refractivity contribution < 1.29 is 9.32 Å². The van der Waals surface area contributed by atoms with E-state index in [0.717, 1.165) is 11.3 Å². The summed E-state index contributed by atoms with van der Waals surface area (Å²) in [5, 5.41) is 6.20. The molecule has 0 saturated carbocycles. The predicted molar refractivity (Wildman–Crippen MR) is 55.6 cm³/mol. The van der Waals surface area contributed by atoms with E-state index in [-0.39, 0.29) is 5.91 Å². The molecule has 0 aliphatic rings. The lowest BCUT2D eigenvalue weighted by Gasteiger charge is -2.02. The number of nitrogens with zero attached hydrogens (tertiary/aromatic N) is 1. The summed E-state index contributed by atoms with van der Waals surface area (Å²) in [5.41, 5.74) is 2.32. The summed E-state index contributed by atoms with van der Waals surface area (Å²) in [6.45, 7) is 1.99. The fourth-order valence-corrected chi connectivity index (χ4v) is 1.16. The maximum atomic E-state index is 11.5. The molecule has 1 aromatic carbocycles. The highest BCUT2D eigenvalue weighted by Crippen LogP contribution is 2.10. The van der Waals surface area contributed by atoms with Crippen LogP contribution < -0.4 is 5.32 Å². The van der Waals surface area contributed by atoms with Gasteiger partial charge in [-0.3, -0.25) is 4.79 Å².